The number of anilines is 2. The number of ether oxygens (including phenoxy) is 2. The SMILES string of the molecule is COc1cc(-c2ccc(N=Nc3c(S(=O)(=O)O)cc4ccc(N)cc4c3[O-])c(OC)c2)ccc1N=Nc1ccc2c(S(=O)(=O)O)ccc(N)c2c1[O-].[Na+].[Na+]. The molecular weight excluding hydrogens is 763 g/mol. The van der Waals surface area contributed by atoms with Crippen molar-refractivity contribution >= 4 is 75.9 Å². The molecule has 6 rings (SSSR count). The molecule has 54 heavy (non-hydrogen) atoms. The maximum Gasteiger partial charge on any atom is 1.00 e. The van der Waals surface area contributed by atoms with Crippen molar-refractivity contribution in [3.63, 3.8) is 0 Å². The minimum absolute atomic E-state index is 0. The summed E-state index contributed by atoms with van der Waals surface area (Å²) in [6.07, 6.45) is 0. The molecule has 6 N–H and O–H groups in total. The molecule has 0 atom stereocenters. The first-order valence-electron chi connectivity index (χ1n) is 14.8. The van der Waals surface area contributed by atoms with Crippen LogP contribution >= 0.6 is 0 Å². The van der Waals surface area contributed by atoms with Gasteiger partial charge in [0.15, 0.2) is 0 Å². The average molecular weight is 789 g/mol. The number of benzene rings is 6. The van der Waals surface area contributed by atoms with E-state index in [0.717, 1.165) is 12.1 Å². The van der Waals surface area contributed by atoms with E-state index in [4.69, 9.17) is 20.9 Å². The molecule has 266 valence electrons. The Morgan fingerprint density at radius 1 is 0.593 bits per heavy atom. The maximum absolute atomic E-state index is 13.2. The van der Waals surface area contributed by atoms with E-state index in [9.17, 15) is 36.2 Å². The van der Waals surface area contributed by atoms with Crippen molar-refractivity contribution in [2.75, 3.05) is 25.7 Å². The molecule has 0 aromatic heterocycles. The Labute approximate surface area is 352 Å². The fourth-order valence-corrected chi connectivity index (χ4v) is 6.78. The van der Waals surface area contributed by atoms with Crippen molar-refractivity contribution in [3.05, 3.63) is 84.9 Å². The third-order valence-electron chi connectivity index (χ3n) is 7.93. The molecule has 6 aromatic carbocycles. The molecule has 0 aliphatic heterocycles. The second-order valence-corrected chi connectivity index (χ2v) is 13.9. The van der Waals surface area contributed by atoms with Crippen LogP contribution in [0.4, 0.5) is 34.1 Å². The standard InChI is InChI=1S/C34H28N6O10S2.2Na/c1-49-27-13-17(4-9-24(27)37-39-26-11-7-21-29(51(43,44)45)12-8-23(36)31(21)34(26)42)18-5-10-25(28(14-18)50-2)38-40-32-30(52(46,47)48)15-19-3-6-20(35)16-22(19)33(32)41;;/h3-16,41-42H,35-36H2,1-2H3,(H,43,44,45)(H,46,47,48);;/q;2*+1/p-2. The predicted octanol–water partition coefficient (Wildman–Crippen LogP) is 0.321. The van der Waals surface area contributed by atoms with Crippen molar-refractivity contribution in [1.29, 1.82) is 0 Å². The van der Waals surface area contributed by atoms with Crippen LogP contribution in [-0.4, -0.2) is 40.2 Å². The minimum Gasteiger partial charge on any atom is -0.871 e. The number of nitrogen functional groups attached to an aromatic ring is 2. The largest absolute Gasteiger partial charge is 1.00 e. The quantitative estimate of drug-likeness (QED) is 0.0668. The summed E-state index contributed by atoms with van der Waals surface area (Å²) in [5, 5.41) is 42.7. The minimum atomic E-state index is -4.86. The molecule has 0 heterocycles. The van der Waals surface area contributed by atoms with E-state index in [1.54, 1.807) is 30.3 Å². The van der Waals surface area contributed by atoms with Crippen molar-refractivity contribution in [2.24, 2.45) is 20.5 Å². The van der Waals surface area contributed by atoms with Gasteiger partial charge in [0.25, 0.3) is 20.2 Å². The fourth-order valence-electron chi connectivity index (χ4n) is 5.43. The number of azo groups is 2. The Bertz CT molecular complexity index is 2730. The van der Waals surface area contributed by atoms with Gasteiger partial charge in [-0.25, -0.2) is 0 Å². The Hall–Kier alpha value is -4.34. The maximum atomic E-state index is 13.2. The van der Waals surface area contributed by atoms with Gasteiger partial charge < -0.3 is 31.2 Å². The second kappa shape index (κ2) is 16.6. The van der Waals surface area contributed by atoms with Crippen molar-refractivity contribution in [2.45, 2.75) is 9.79 Å². The number of hydrogen-bond acceptors (Lipinski definition) is 14. The summed E-state index contributed by atoms with van der Waals surface area (Å²) in [7, 11) is -6.72. The van der Waals surface area contributed by atoms with Crippen LogP contribution in [0.3, 0.4) is 0 Å². The molecule has 0 aliphatic rings. The molecule has 0 amide bonds. The second-order valence-electron chi connectivity index (χ2n) is 11.1. The van der Waals surface area contributed by atoms with Crippen LogP contribution in [0.5, 0.6) is 23.0 Å². The van der Waals surface area contributed by atoms with Gasteiger partial charge in [0.05, 0.1) is 25.6 Å². The number of rotatable bonds is 9. The molecule has 20 heteroatoms. The Morgan fingerprint density at radius 2 is 1.13 bits per heavy atom. The topological polar surface area (TPSA) is 275 Å². The summed E-state index contributed by atoms with van der Waals surface area (Å²) in [4.78, 5) is -1.19. The van der Waals surface area contributed by atoms with E-state index in [1.807, 2.05) is 0 Å². The zero-order valence-corrected chi connectivity index (χ0v) is 34.6. The van der Waals surface area contributed by atoms with E-state index in [1.165, 1.54) is 56.7 Å². The van der Waals surface area contributed by atoms with Gasteiger partial charge in [-0.3, -0.25) is 9.11 Å². The van der Waals surface area contributed by atoms with Crippen molar-refractivity contribution in [3.8, 4) is 34.1 Å². The van der Waals surface area contributed by atoms with Crippen LogP contribution in [0.1, 0.15) is 0 Å². The van der Waals surface area contributed by atoms with Crippen LogP contribution in [0.25, 0.3) is 32.7 Å². The van der Waals surface area contributed by atoms with Gasteiger partial charge in [0.1, 0.15) is 32.7 Å². The van der Waals surface area contributed by atoms with Gasteiger partial charge in [-0.1, -0.05) is 35.8 Å². The van der Waals surface area contributed by atoms with Gasteiger partial charge in [0, 0.05) is 22.1 Å². The summed E-state index contributed by atoms with van der Waals surface area (Å²) in [6, 6.07) is 19.9. The van der Waals surface area contributed by atoms with Crippen molar-refractivity contribution < 1.29 is 105 Å². The fraction of sp³-hybridized carbons (Fsp3) is 0.0588. The average Bonchev–Trinajstić information content (AvgIpc) is 3.10. The molecule has 0 radical (unpaired) electrons. The third kappa shape index (κ3) is 8.47. The molecule has 6 aromatic rings. The third-order valence-corrected chi connectivity index (χ3v) is 9.71. The number of fused-ring (bicyclic) bond motifs is 2. The molecule has 0 bridgehead atoms. The zero-order valence-electron chi connectivity index (χ0n) is 29.0. The smallest absolute Gasteiger partial charge is 0.871 e. The number of hydrogen-bond donors (Lipinski definition) is 4. The van der Waals surface area contributed by atoms with Gasteiger partial charge in [-0.2, -0.15) is 21.9 Å². The summed E-state index contributed by atoms with van der Waals surface area (Å²) in [5.41, 5.74) is 12.9. The molecule has 0 saturated heterocycles. The predicted molar refractivity (Wildman–Crippen MR) is 189 cm³/mol. The van der Waals surface area contributed by atoms with Crippen LogP contribution < -0.4 is 90.3 Å². The van der Waals surface area contributed by atoms with E-state index in [2.05, 4.69) is 20.5 Å². The Kier molecular flexibility index (Phi) is 13.0. The van der Waals surface area contributed by atoms with Gasteiger partial charge in [-0.15, -0.1) is 15.3 Å². The van der Waals surface area contributed by atoms with Gasteiger partial charge in [0.2, 0.25) is 0 Å². The van der Waals surface area contributed by atoms with Crippen molar-refractivity contribution in [1.82, 2.24) is 0 Å². The summed E-state index contributed by atoms with van der Waals surface area (Å²) >= 11 is 0. The normalized spacial score (nSPS) is 11.9. The van der Waals surface area contributed by atoms with E-state index in [-0.39, 0.29) is 121 Å². The van der Waals surface area contributed by atoms with E-state index in [0.29, 0.717) is 11.1 Å². The van der Waals surface area contributed by atoms with E-state index >= 15 is 0 Å². The first-order valence-corrected chi connectivity index (χ1v) is 17.7. The first-order chi connectivity index (χ1) is 24.6. The summed E-state index contributed by atoms with van der Waals surface area (Å²) in [6.45, 7) is 0. The van der Waals surface area contributed by atoms with Crippen LogP contribution in [-0.2, 0) is 20.2 Å². The van der Waals surface area contributed by atoms with Gasteiger partial charge >= 0.3 is 59.1 Å². The Morgan fingerprint density at radius 3 is 1.69 bits per heavy atom. The molecular formula is C34H26N6Na2O10S2. The molecule has 0 aliphatic carbocycles. The molecule has 16 nitrogen and oxygen atoms in total. The number of nitrogens with zero attached hydrogens (tertiary/aromatic N) is 4. The van der Waals surface area contributed by atoms with Gasteiger partial charge in [-0.05, 0) is 82.6 Å². The van der Waals surface area contributed by atoms with Crippen LogP contribution in [0, 0.1) is 0 Å². The molecule has 0 fully saturated rings. The number of nitrogens with two attached hydrogens (primary N) is 2. The summed E-state index contributed by atoms with van der Waals surface area (Å²) < 4.78 is 78.3. The zero-order chi connectivity index (χ0) is 37.5. The summed E-state index contributed by atoms with van der Waals surface area (Å²) in [5.74, 6) is -1.03. The van der Waals surface area contributed by atoms with Crippen LogP contribution in [0.15, 0.2) is 115 Å². The molecule has 0 spiro atoms. The van der Waals surface area contributed by atoms with E-state index < -0.39 is 47.2 Å². The monoisotopic (exact) mass is 788 g/mol. The first kappa shape index (κ1) is 42.4. The van der Waals surface area contributed by atoms with Crippen LogP contribution in [0.2, 0.25) is 0 Å². The molecule has 0 unspecified atom stereocenters. The number of methoxy groups -OCH3 is 2. The molecule has 0 saturated carbocycles. The Balaban J connectivity index is 0.00000325.